The van der Waals surface area contributed by atoms with Crippen LogP contribution >= 0.6 is 0 Å². The summed E-state index contributed by atoms with van der Waals surface area (Å²) in [5.74, 6) is -0.642. The fourth-order valence-corrected chi connectivity index (χ4v) is 7.06. The van der Waals surface area contributed by atoms with E-state index in [0.29, 0.717) is 51.9 Å². The molecule has 0 fully saturated rings. The van der Waals surface area contributed by atoms with Crippen LogP contribution in [-0.4, -0.2) is 132 Å². The van der Waals surface area contributed by atoms with Gasteiger partial charge in [-0.05, 0) is 48.9 Å². The normalized spacial score (nSPS) is 13.2. The number of hydrogen-bond donors (Lipinski definition) is 0. The number of nitrogens with zero attached hydrogens (tertiary/aromatic N) is 4. The summed E-state index contributed by atoms with van der Waals surface area (Å²) in [6, 6.07) is 21.0. The molecule has 6 rings (SSSR count). The minimum Gasteiger partial charge on any atom is -0.488 e. The van der Waals surface area contributed by atoms with Gasteiger partial charge in [-0.1, -0.05) is 6.07 Å². The van der Waals surface area contributed by atoms with Gasteiger partial charge in [0.1, 0.15) is 69.0 Å². The van der Waals surface area contributed by atoms with Crippen LogP contribution in [0.4, 0.5) is 17.1 Å². The van der Waals surface area contributed by atoms with Crippen LogP contribution < -0.4 is 38.8 Å². The van der Waals surface area contributed by atoms with Gasteiger partial charge in [0.25, 0.3) is 0 Å². The first kappa shape index (κ1) is 46.5. The molecule has 64 heavy (non-hydrogen) atoms. The summed E-state index contributed by atoms with van der Waals surface area (Å²) >= 11 is 0. The van der Waals surface area contributed by atoms with Crippen molar-refractivity contribution in [3.8, 4) is 39.7 Å². The fourth-order valence-electron chi connectivity index (χ4n) is 7.06. The van der Waals surface area contributed by atoms with E-state index in [1.165, 1.54) is 21.1 Å². The first-order chi connectivity index (χ1) is 30.8. The van der Waals surface area contributed by atoms with Gasteiger partial charge in [0.15, 0.2) is 6.61 Å². The fraction of sp³-hybridized carbons (Fsp3) is 0.383. The van der Waals surface area contributed by atoms with Crippen molar-refractivity contribution in [3.05, 3.63) is 77.7 Å². The number of methoxy groups -OCH3 is 2. The summed E-state index contributed by atoms with van der Waals surface area (Å²) < 4.78 is 54.2. The summed E-state index contributed by atoms with van der Waals surface area (Å²) in [6.45, 7) is 2.78. The second kappa shape index (κ2) is 21.4. The van der Waals surface area contributed by atoms with Gasteiger partial charge >= 0.3 is 23.9 Å². The molecule has 0 radical (unpaired) electrons. The van der Waals surface area contributed by atoms with E-state index in [0.717, 1.165) is 27.6 Å². The van der Waals surface area contributed by atoms with Crippen molar-refractivity contribution < 1.29 is 61.5 Å². The Bertz CT molecular complexity index is 2530. The minimum absolute atomic E-state index is 0.0401. The lowest BCUT2D eigenvalue weighted by Gasteiger charge is -2.28. The molecule has 0 spiro atoms. The third kappa shape index (κ3) is 11.5. The maximum atomic E-state index is 13.1. The third-order valence-electron chi connectivity index (χ3n) is 10.4. The van der Waals surface area contributed by atoms with Crippen LogP contribution in [-0.2, 0) is 42.9 Å². The van der Waals surface area contributed by atoms with E-state index < -0.39 is 37.3 Å². The molecule has 0 aromatic heterocycles. The average Bonchev–Trinajstić information content (AvgIpc) is 3.27. The Labute approximate surface area is 371 Å². The molecular formula is C47H55N4O13+. The minimum atomic E-state index is -0.794. The number of fused-ring (bicyclic) bond motifs is 4. The molecule has 3 aliphatic rings. The quantitative estimate of drug-likeness (QED) is 0.0598. The molecular weight excluding hydrogens is 829 g/mol. The third-order valence-corrected chi connectivity index (χ3v) is 10.4. The van der Waals surface area contributed by atoms with Crippen molar-refractivity contribution in [1.29, 1.82) is 0 Å². The second-order valence-electron chi connectivity index (χ2n) is 15.3. The zero-order valence-electron chi connectivity index (χ0n) is 37.5. The number of ether oxygens (including phenoxy) is 8. The van der Waals surface area contributed by atoms with Gasteiger partial charge in [0.2, 0.25) is 12.2 Å². The van der Waals surface area contributed by atoms with Gasteiger partial charge in [0, 0.05) is 80.1 Å². The topological polar surface area (TPSA) is 168 Å². The molecule has 3 aromatic rings. The Kier molecular flexibility index (Phi) is 15.5. The van der Waals surface area contributed by atoms with Crippen molar-refractivity contribution in [3.63, 3.8) is 0 Å². The van der Waals surface area contributed by atoms with Crippen LogP contribution in [0.1, 0.15) is 12.5 Å². The Morgan fingerprint density at radius 2 is 1.41 bits per heavy atom. The summed E-state index contributed by atoms with van der Waals surface area (Å²) in [6.07, 6.45) is 0. The molecule has 0 atom stereocenters. The lowest BCUT2D eigenvalue weighted by molar-refractivity contribution is -0.167. The molecule has 0 bridgehead atoms. The van der Waals surface area contributed by atoms with Crippen LogP contribution in [0.3, 0.4) is 0 Å². The van der Waals surface area contributed by atoms with Crippen LogP contribution in [0.5, 0.6) is 17.2 Å². The monoisotopic (exact) mass is 883 g/mol. The number of esters is 4. The van der Waals surface area contributed by atoms with E-state index in [-0.39, 0.29) is 51.8 Å². The number of aryl methyl sites for hydroxylation is 1. The molecule has 2 aliphatic heterocycles. The second-order valence-corrected chi connectivity index (χ2v) is 15.3. The SMILES string of the molecule is COC(=O)CN1CCOCCN(CC(=O)OC)c2cc(OCC(=O)OCOC(C)=O)c(-c3c4ccc(=[N+](C)C)cc-4oc4cc(N(C)C)ccc34)cc2OCCOc2cc(C)ccc21. The van der Waals surface area contributed by atoms with E-state index in [1.54, 1.807) is 11.0 Å². The zero-order chi connectivity index (χ0) is 45.9. The lowest BCUT2D eigenvalue weighted by atomic mass is 9.92. The standard InChI is InChI=1S/C47H55N4O13/c1-30-9-14-37-42(21-30)59-19-20-60-43-24-36(47-34-12-10-32(48(3)4)22-40(34)64-41-23-33(49(5)6)11-13-35(41)47)39(61-28-46(55)63-29-62-31(2)52)25-38(43)51(27-45(54)57-8)16-18-58-17-15-50(37)26-44(53)56-7/h9-14,21-25H,15-20,26-29H2,1-8H3/q+1. The number of rotatable bonds is 11. The number of carbonyl (C=O) groups is 4. The Morgan fingerprint density at radius 1 is 0.734 bits per heavy atom. The van der Waals surface area contributed by atoms with E-state index in [1.807, 2.05) is 110 Å². The van der Waals surface area contributed by atoms with Crippen molar-refractivity contribution in [1.82, 2.24) is 4.58 Å². The molecule has 17 nitrogen and oxygen atoms in total. The van der Waals surface area contributed by atoms with E-state index in [2.05, 4.69) is 0 Å². The maximum absolute atomic E-state index is 13.1. The van der Waals surface area contributed by atoms with E-state index >= 15 is 0 Å². The van der Waals surface area contributed by atoms with Gasteiger partial charge in [-0.3, -0.25) is 14.4 Å². The highest BCUT2D eigenvalue weighted by Gasteiger charge is 2.27. The molecule has 0 N–H and O–H groups in total. The summed E-state index contributed by atoms with van der Waals surface area (Å²) in [7, 11) is 10.4. The molecule has 17 heteroatoms. The average molecular weight is 884 g/mol. The molecule has 3 aromatic carbocycles. The number of hydrogen-bond acceptors (Lipinski definition) is 16. The Morgan fingerprint density at radius 3 is 2.05 bits per heavy atom. The van der Waals surface area contributed by atoms with Gasteiger partial charge in [-0.15, -0.1) is 0 Å². The number of anilines is 3. The van der Waals surface area contributed by atoms with Gasteiger partial charge in [-0.2, -0.15) is 0 Å². The molecule has 0 saturated carbocycles. The van der Waals surface area contributed by atoms with Crippen molar-refractivity contribution in [2.75, 3.05) is 123 Å². The highest BCUT2D eigenvalue weighted by Crippen LogP contribution is 2.48. The molecule has 340 valence electrons. The highest BCUT2D eigenvalue weighted by atomic mass is 16.7. The maximum Gasteiger partial charge on any atom is 0.347 e. The molecule has 0 amide bonds. The Balaban J connectivity index is 1.54. The van der Waals surface area contributed by atoms with Gasteiger partial charge in [-0.25, -0.2) is 9.37 Å². The molecule has 1 aliphatic carbocycles. The largest absolute Gasteiger partial charge is 0.488 e. The van der Waals surface area contributed by atoms with Gasteiger partial charge in [0.05, 0.1) is 44.9 Å². The van der Waals surface area contributed by atoms with Crippen molar-refractivity contribution in [2.45, 2.75) is 13.8 Å². The van der Waals surface area contributed by atoms with Crippen LogP contribution in [0.15, 0.2) is 71.1 Å². The van der Waals surface area contributed by atoms with Crippen LogP contribution in [0.2, 0.25) is 0 Å². The predicted molar refractivity (Wildman–Crippen MR) is 239 cm³/mol. The number of benzene rings is 4. The first-order valence-electron chi connectivity index (χ1n) is 20.6. The summed E-state index contributed by atoms with van der Waals surface area (Å²) in [5, 5.41) is 1.65. The lowest BCUT2D eigenvalue weighted by Crippen LogP contribution is -2.36. The van der Waals surface area contributed by atoms with E-state index in [4.69, 9.17) is 42.3 Å². The van der Waals surface area contributed by atoms with Crippen molar-refractivity contribution >= 4 is 51.9 Å². The summed E-state index contributed by atoms with van der Waals surface area (Å²) in [5.41, 5.74) is 5.54. The predicted octanol–water partition coefficient (Wildman–Crippen LogP) is 4.50. The zero-order valence-corrected chi connectivity index (χ0v) is 37.5. The molecule has 0 unspecified atom stereocenters. The molecule has 2 heterocycles. The highest BCUT2D eigenvalue weighted by molar-refractivity contribution is 6.04. The first-order valence-corrected chi connectivity index (χ1v) is 20.6. The number of carbonyl (C=O) groups excluding carboxylic acids is 4. The van der Waals surface area contributed by atoms with Crippen molar-refractivity contribution in [2.24, 2.45) is 0 Å². The summed E-state index contributed by atoms with van der Waals surface area (Å²) in [4.78, 5) is 55.6. The molecule has 0 saturated heterocycles. The van der Waals surface area contributed by atoms with Crippen LogP contribution in [0, 0.1) is 6.92 Å². The Hall–Kier alpha value is -7.01. The van der Waals surface area contributed by atoms with Crippen LogP contribution in [0.25, 0.3) is 33.4 Å². The smallest absolute Gasteiger partial charge is 0.347 e. The van der Waals surface area contributed by atoms with Gasteiger partial charge < -0.3 is 57.0 Å². The van der Waals surface area contributed by atoms with E-state index in [9.17, 15) is 19.2 Å².